The number of alkyl halides is 3. The van der Waals surface area contributed by atoms with Crippen molar-refractivity contribution in [2.75, 3.05) is 13.2 Å². The second-order valence-electron chi connectivity index (χ2n) is 3.77. The maximum Gasteiger partial charge on any atom is 0.423 e. The van der Waals surface area contributed by atoms with Gasteiger partial charge in [0.25, 0.3) is 5.69 Å². The molecule has 0 amide bonds. The van der Waals surface area contributed by atoms with Crippen LogP contribution < -0.4 is 4.74 Å². The predicted octanol–water partition coefficient (Wildman–Crippen LogP) is 3.19. The molecule has 0 aliphatic rings. The van der Waals surface area contributed by atoms with Crippen molar-refractivity contribution in [1.82, 2.24) is 0 Å². The molecule has 0 aliphatic carbocycles. The van der Waals surface area contributed by atoms with Crippen molar-refractivity contribution >= 4 is 11.7 Å². The van der Waals surface area contributed by atoms with Crippen molar-refractivity contribution in [2.45, 2.75) is 20.0 Å². The van der Waals surface area contributed by atoms with Crippen molar-refractivity contribution in [3.63, 3.8) is 0 Å². The molecule has 1 aromatic carbocycles. The van der Waals surface area contributed by atoms with Crippen LogP contribution in [-0.4, -0.2) is 24.1 Å². The monoisotopic (exact) mass is 307 g/mol. The van der Waals surface area contributed by atoms with Crippen molar-refractivity contribution in [2.24, 2.45) is 0 Å². The number of nitro groups is 1. The average molecular weight is 307 g/mol. The molecular weight excluding hydrogens is 295 g/mol. The van der Waals surface area contributed by atoms with Gasteiger partial charge in [-0.25, -0.2) is 4.79 Å². The minimum atomic E-state index is -4.98. The highest BCUT2D eigenvalue weighted by Crippen LogP contribution is 2.40. The summed E-state index contributed by atoms with van der Waals surface area (Å²) in [6.45, 7) is 2.98. The molecule has 0 fully saturated rings. The second kappa shape index (κ2) is 6.42. The number of ether oxygens (including phenoxy) is 2. The van der Waals surface area contributed by atoms with Gasteiger partial charge in [-0.2, -0.15) is 13.2 Å². The molecular formula is C12H12F3NO5. The molecule has 0 saturated carbocycles. The molecule has 0 bridgehead atoms. The van der Waals surface area contributed by atoms with Gasteiger partial charge < -0.3 is 9.47 Å². The molecule has 1 rings (SSSR count). The summed E-state index contributed by atoms with van der Waals surface area (Å²) in [4.78, 5) is 21.2. The van der Waals surface area contributed by atoms with E-state index >= 15 is 0 Å². The third-order valence-electron chi connectivity index (χ3n) is 2.40. The summed E-state index contributed by atoms with van der Waals surface area (Å²) < 4.78 is 48.2. The highest BCUT2D eigenvalue weighted by Gasteiger charge is 2.40. The van der Waals surface area contributed by atoms with Crippen LogP contribution in [0.3, 0.4) is 0 Å². The summed E-state index contributed by atoms with van der Waals surface area (Å²) in [5.74, 6) is -1.36. The van der Waals surface area contributed by atoms with E-state index in [2.05, 4.69) is 4.74 Å². The molecule has 9 heteroatoms. The number of nitrogens with zero attached hydrogens (tertiary/aromatic N) is 1. The first-order valence-corrected chi connectivity index (χ1v) is 5.91. The molecule has 1 aromatic rings. The van der Waals surface area contributed by atoms with E-state index in [1.165, 1.54) is 13.8 Å². The Labute approximate surface area is 117 Å². The molecule has 0 unspecified atom stereocenters. The Balaban J connectivity index is 3.55. The maximum atomic E-state index is 12.9. The fraction of sp³-hybridized carbons (Fsp3) is 0.417. The Morgan fingerprint density at radius 3 is 2.33 bits per heavy atom. The number of nitro benzene ring substituents is 1. The predicted molar refractivity (Wildman–Crippen MR) is 65.2 cm³/mol. The summed E-state index contributed by atoms with van der Waals surface area (Å²) in [6.07, 6.45) is -4.98. The van der Waals surface area contributed by atoms with Crippen molar-refractivity contribution in [3.05, 3.63) is 33.4 Å². The zero-order chi connectivity index (χ0) is 16.2. The van der Waals surface area contributed by atoms with Gasteiger partial charge >= 0.3 is 12.1 Å². The Hall–Kier alpha value is -2.32. The van der Waals surface area contributed by atoms with E-state index in [9.17, 15) is 28.1 Å². The Morgan fingerprint density at radius 2 is 1.90 bits per heavy atom. The van der Waals surface area contributed by atoms with Gasteiger partial charge in [-0.3, -0.25) is 10.1 Å². The fourth-order valence-electron chi connectivity index (χ4n) is 1.59. The minimum Gasteiger partial charge on any atom is -0.493 e. The molecule has 116 valence electrons. The smallest absolute Gasteiger partial charge is 0.423 e. The van der Waals surface area contributed by atoms with E-state index in [-0.39, 0.29) is 19.0 Å². The number of halogens is 3. The second-order valence-corrected chi connectivity index (χ2v) is 3.77. The van der Waals surface area contributed by atoms with Crippen LogP contribution in [-0.2, 0) is 10.9 Å². The third kappa shape index (κ3) is 3.83. The molecule has 0 spiro atoms. The number of rotatable bonds is 5. The quantitative estimate of drug-likeness (QED) is 0.474. The number of carbonyl (C=O) groups excluding carboxylic acids is 1. The van der Waals surface area contributed by atoms with Crippen LogP contribution in [0, 0.1) is 10.1 Å². The molecule has 0 heterocycles. The number of benzene rings is 1. The van der Waals surface area contributed by atoms with E-state index in [0.29, 0.717) is 12.1 Å². The lowest BCUT2D eigenvalue weighted by molar-refractivity contribution is -0.388. The highest BCUT2D eigenvalue weighted by molar-refractivity contribution is 5.93. The van der Waals surface area contributed by atoms with Crippen LogP contribution in [0.2, 0.25) is 0 Å². The van der Waals surface area contributed by atoms with E-state index in [1.807, 2.05) is 0 Å². The number of esters is 1. The van der Waals surface area contributed by atoms with Gasteiger partial charge in [0, 0.05) is 0 Å². The van der Waals surface area contributed by atoms with Gasteiger partial charge in [0.2, 0.25) is 0 Å². The summed E-state index contributed by atoms with van der Waals surface area (Å²) in [5, 5.41) is 10.8. The number of hydrogen-bond acceptors (Lipinski definition) is 5. The van der Waals surface area contributed by atoms with Crippen molar-refractivity contribution in [3.8, 4) is 5.75 Å². The van der Waals surface area contributed by atoms with Crippen LogP contribution in [0.25, 0.3) is 0 Å². The summed E-state index contributed by atoms with van der Waals surface area (Å²) in [6, 6.07) is 0.958. The SMILES string of the molecule is CCOC(=O)c1cc(C(F)(F)F)c([N+](=O)[O-])cc1OCC. The van der Waals surface area contributed by atoms with Crippen LogP contribution in [0.15, 0.2) is 12.1 Å². The summed E-state index contributed by atoms with van der Waals surface area (Å²) >= 11 is 0. The first-order chi connectivity index (χ1) is 9.72. The van der Waals surface area contributed by atoms with Crippen LogP contribution in [0.1, 0.15) is 29.8 Å². The average Bonchev–Trinajstić information content (AvgIpc) is 2.37. The summed E-state index contributed by atoms with van der Waals surface area (Å²) in [7, 11) is 0. The Kier molecular flexibility index (Phi) is 5.12. The van der Waals surface area contributed by atoms with Crippen molar-refractivity contribution in [1.29, 1.82) is 0 Å². The van der Waals surface area contributed by atoms with Gasteiger partial charge in [0.05, 0.1) is 24.2 Å². The lowest BCUT2D eigenvalue weighted by Crippen LogP contribution is -2.14. The number of hydrogen-bond donors (Lipinski definition) is 0. The molecule has 0 saturated heterocycles. The topological polar surface area (TPSA) is 78.7 Å². The molecule has 0 aromatic heterocycles. The Morgan fingerprint density at radius 1 is 1.29 bits per heavy atom. The zero-order valence-electron chi connectivity index (χ0n) is 11.2. The van der Waals surface area contributed by atoms with Crippen molar-refractivity contribution < 1.29 is 32.4 Å². The van der Waals surface area contributed by atoms with E-state index in [1.54, 1.807) is 0 Å². The molecule has 0 radical (unpaired) electrons. The first-order valence-electron chi connectivity index (χ1n) is 5.91. The fourth-order valence-corrected chi connectivity index (χ4v) is 1.59. The standard InChI is InChI=1S/C12H12F3NO5/c1-3-20-10-6-9(16(18)19)8(12(13,14)15)5-7(10)11(17)21-4-2/h5-6H,3-4H2,1-2H3. The molecule has 21 heavy (non-hydrogen) atoms. The zero-order valence-corrected chi connectivity index (χ0v) is 11.2. The van der Waals surface area contributed by atoms with E-state index < -0.39 is 33.9 Å². The molecule has 0 atom stereocenters. The normalized spacial score (nSPS) is 11.1. The lowest BCUT2D eigenvalue weighted by atomic mass is 10.1. The van der Waals surface area contributed by atoms with Gasteiger partial charge in [0.1, 0.15) is 16.9 Å². The first kappa shape index (κ1) is 16.7. The molecule has 0 N–H and O–H groups in total. The van der Waals surface area contributed by atoms with Crippen LogP contribution in [0.4, 0.5) is 18.9 Å². The van der Waals surface area contributed by atoms with Gasteiger partial charge in [-0.05, 0) is 19.9 Å². The molecule has 6 nitrogen and oxygen atoms in total. The largest absolute Gasteiger partial charge is 0.493 e. The van der Waals surface area contributed by atoms with Gasteiger partial charge in [-0.1, -0.05) is 0 Å². The van der Waals surface area contributed by atoms with Crippen LogP contribution >= 0.6 is 0 Å². The molecule has 0 aliphatic heterocycles. The maximum absolute atomic E-state index is 12.9. The number of carbonyl (C=O) groups is 1. The van der Waals surface area contributed by atoms with Gasteiger partial charge in [0.15, 0.2) is 0 Å². The summed E-state index contributed by atoms with van der Waals surface area (Å²) in [5.41, 5.74) is -3.21. The van der Waals surface area contributed by atoms with E-state index in [0.717, 1.165) is 0 Å². The van der Waals surface area contributed by atoms with Crippen LogP contribution in [0.5, 0.6) is 5.75 Å². The lowest BCUT2D eigenvalue weighted by Gasteiger charge is -2.13. The minimum absolute atomic E-state index is 0.0227. The van der Waals surface area contributed by atoms with Gasteiger partial charge in [-0.15, -0.1) is 0 Å². The third-order valence-corrected chi connectivity index (χ3v) is 2.40. The Bertz CT molecular complexity index is 557. The van der Waals surface area contributed by atoms with E-state index in [4.69, 9.17) is 4.74 Å². The highest BCUT2D eigenvalue weighted by atomic mass is 19.4.